The molecule has 4 atom stereocenters. The second-order valence-electron chi connectivity index (χ2n) is 5.58. The molecule has 0 amide bonds. The number of hydrogen-bond donors (Lipinski definition) is 0. The van der Waals surface area contributed by atoms with E-state index >= 15 is 0 Å². The number of benzene rings is 1. The van der Waals surface area contributed by atoms with E-state index in [4.69, 9.17) is 14.2 Å². The highest BCUT2D eigenvalue weighted by Gasteiger charge is 2.40. The van der Waals surface area contributed by atoms with E-state index in [1.165, 1.54) is 12.7 Å². The van der Waals surface area contributed by atoms with Gasteiger partial charge in [0.05, 0.1) is 19.1 Å². The monoisotopic (exact) mass is 292 g/mol. The highest BCUT2D eigenvalue weighted by Crippen LogP contribution is 2.35. The molecule has 0 spiro atoms. The summed E-state index contributed by atoms with van der Waals surface area (Å²) in [5.74, 6) is -0.202. The molecular formula is C17H24O4. The lowest BCUT2D eigenvalue weighted by Crippen LogP contribution is -2.29. The molecule has 1 aromatic carbocycles. The third kappa shape index (κ3) is 4.05. The van der Waals surface area contributed by atoms with Crippen molar-refractivity contribution in [2.45, 2.75) is 38.6 Å². The number of carbonyl (C=O) groups excluding carboxylic acids is 1. The first-order chi connectivity index (χ1) is 10.2. The minimum Gasteiger partial charge on any atom is -0.469 e. The fourth-order valence-corrected chi connectivity index (χ4v) is 3.00. The van der Waals surface area contributed by atoms with Crippen molar-refractivity contribution in [3.05, 3.63) is 35.9 Å². The molecule has 0 unspecified atom stereocenters. The van der Waals surface area contributed by atoms with Gasteiger partial charge in [-0.25, -0.2) is 0 Å². The average Bonchev–Trinajstić information content (AvgIpc) is 2.95. The van der Waals surface area contributed by atoms with Crippen molar-refractivity contribution in [3.63, 3.8) is 0 Å². The van der Waals surface area contributed by atoms with Gasteiger partial charge < -0.3 is 14.2 Å². The van der Waals surface area contributed by atoms with E-state index in [1.54, 1.807) is 7.11 Å². The number of rotatable bonds is 6. The van der Waals surface area contributed by atoms with E-state index < -0.39 is 0 Å². The van der Waals surface area contributed by atoms with Crippen molar-refractivity contribution in [2.75, 3.05) is 14.2 Å². The van der Waals surface area contributed by atoms with Crippen LogP contribution in [0, 0.1) is 11.8 Å². The molecule has 0 aliphatic carbocycles. The van der Waals surface area contributed by atoms with Crippen LogP contribution in [0.5, 0.6) is 0 Å². The molecular weight excluding hydrogens is 268 g/mol. The summed E-state index contributed by atoms with van der Waals surface area (Å²) >= 11 is 0. The Bertz CT molecular complexity index is 445. The molecule has 1 saturated heterocycles. The predicted octanol–water partition coefficient (Wildman–Crippen LogP) is 2.81. The summed E-state index contributed by atoms with van der Waals surface area (Å²) < 4.78 is 16.1. The number of hydrogen-bond acceptors (Lipinski definition) is 4. The minimum atomic E-state index is -0.220. The Balaban J connectivity index is 1.99. The lowest BCUT2D eigenvalue weighted by molar-refractivity contribution is -0.148. The van der Waals surface area contributed by atoms with Gasteiger partial charge in [0.25, 0.3) is 0 Å². The van der Waals surface area contributed by atoms with Crippen molar-refractivity contribution >= 4 is 5.97 Å². The number of esters is 1. The topological polar surface area (TPSA) is 44.8 Å². The van der Waals surface area contributed by atoms with Crippen LogP contribution in [-0.2, 0) is 25.4 Å². The molecule has 21 heavy (non-hydrogen) atoms. The third-order valence-electron chi connectivity index (χ3n) is 4.31. The van der Waals surface area contributed by atoms with Crippen molar-refractivity contribution < 1.29 is 19.0 Å². The van der Waals surface area contributed by atoms with Gasteiger partial charge in [0, 0.05) is 19.4 Å². The summed E-state index contributed by atoms with van der Waals surface area (Å²) in [6.07, 6.45) is 2.38. The Kier molecular flexibility index (Phi) is 5.76. The van der Waals surface area contributed by atoms with Gasteiger partial charge in [-0.2, -0.15) is 0 Å². The van der Waals surface area contributed by atoms with E-state index in [-0.39, 0.29) is 30.2 Å². The van der Waals surface area contributed by atoms with E-state index in [0.29, 0.717) is 0 Å². The highest BCUT2D eigenvalue weighted by molar-refractivity contribution is 5.72. The van der Waals surface area contributed by atoms with Gasteiger partial charge in [-0.15, -0.1) is 0 Å². The Hall–Kier alpha value is -1.39. The molecule has 1 aliphatic heterocycles. The third-order valence-corrected chi connectivity index (χ3v) is 4.31. The maximum atomic E-state index is 11.8. The second-order valence-corrected chi connectivity index (χ2v) is 5.58. The first kappa shape index (κ1) is 16.0. The minimum absolute atomic E-state index is 0.0317. The van der Waals surface area contributed by atoms with Gasteiger partial charge in [0.1, 0.15) is 0 Å². The van der Waals surface area contributed by atoms with E-state index in [2.05, 4.69) is 12.1 Å². The van der Waals surface area contributed by atoms with Crippen molar-refractivity contribution in [3.8, 4) is 0 Å². The summed E-state index contributed by atoms with van der Waals surface area (Å²) in [4.78, 5) is 11.8. The summed E-state index contributed by atoms with van der Waals surface area (Å²) in [7, 11) is 3.07. The molecule has 0 N–H and O–H groups in total. The van der Waals surface area contributed by atoms with Gasteiger partial charge in [-0.1, -0.05) is 37.3 Å². The van der Waals surface area contributed by atoms with Gasteiger partial charge in [0.15, 0.2) is 6.29 Å². The van der Waals surface area contributed by atoms with Crippen LogP contribution in [0.2, 0.25) is 0 Å². The van der Waals surface area contributed by atoms with Crippen LogP contribution in [-0.4, -0.2) is 32.6 Å². The molecule has 1 aliphatic rings. The zero-order valence-electron chi connectivity index (χ0n) is 13.0. The standard InChI is InChI=1S/C17H24O4/c1-12(17(18)20-3)14-11-16(19-2)21-15(14)10-9-13-7-5-4-6-8-13/h4-8,12,14-16H,9-11H2,1-3H3/t12-,14+,15+,16+/m0/s1. The Morgan fingerprint density at radius 3 is 2.67 bits per heavy atom. The number of carbonyl (C=O) groups is 1. The van der Waals surface area contributed by atoms with Gasteiger partial charge in [-0.3, -0.25) is 4.79 Å². The number of ether oxygens (including phenoxy) is 3. The summed E-state index contributed by atoms with van der Waals surface area (Å²) in [5.41, 5.74) is 1.28. The lowest BCUT2D eigenvalue weighted by atomic mass is 9.85. The SMILES string of the molecule is COC(=O)[C@@H](C)[C@H]1C[C@H](OC)O[C@@H]1CCc1ccccc1. The molecule has 1 fully saturated rings. The Morgan fingerprint density at radius 1 is 1.33 bits per heavy atom. The number of methoxy groups -OCH3 is 2. The van der Waals surface area contributed by atoms with E-state index in [9.17, 15) is 4.79 Å². The van der Waals surface area contributed by atoms with E-state index in [0.717, 1.165) is 19.3 Å². The van der Waals surface area contributed by atoms with Crippen LogP contribution in [0.4, 0.5) is 0 Å². The van der Waals surface area contributed by atoms with Gasteiger partial charge >= 0.3 is 5.97 Å². The van der Waals surface area contributed by atoms with Gasteiger partial charge in [0.2, 0.25) is 0 Å². The van der Waals surface area contributed by atoms with Crippen molar-refractivity contribution in [2.24, 2.45) is 11.8 Å². The Morgan fingerprint density at radius 2 is 2.05 bits per heavy atom. The largest absolute Gasteiger partial charge is 0.469 e. The Labute approximate surface area is 126 Å². The smallest absolute Gasteiger partial charge is 0.308 e. The first-order valence-electron chi connectivity index (χ1n) is 7.45. The van der Waals surface area contributed by atoms with Crippen LogP contribution >= 0.6 is 0 Å². The molecule has 116 valence electrons. The predicted molar refractivity (Wildman–Crippen MR) is 79.7 cm³/mol. The van der Waals surface area contributed by atoms with Crippen molar-refractivity contribution in [1.29, 1.82) is 0 Å². The maximum absolute atomic E-state index is 11.8. The number of aryl methyl sites for hydroxylation is 1. The lowest BCUT2D eigenvalue weighted by Gasteiger charge is -2.22. The van der Waals surface area contributed by atoms with Crippen LogP contribution in [0.15, 0.2) is 30.3 Å². The van der Waals surface area contributed by atoms with E-state index in [1.807, 2.05) is 25.1 Å². The fraction of sp³-hybridized carbons (Fsp3) is 0.588. The second kappa shape index (κ2) is 7.57. The first-order valence-corrected chi connectivity index (χ1v) is 7.45. The van der Waals surface area contributed by atoms with Gasteiger partial charge in [-0.05, 0) is 18.4 Å². The highest BCUT2D eigenvalue weighted by atomic mass is 16.7. The molecule has 0 saturated carbocycles. The van der Waals surface area contributed by atoms with Crippen LogP contribution in [0.3, 0.4) is 0 Å². The molecule has 2 rings (SSSR count). The fourth-order valence-electron chi connectivity index (χ4n) is 3.00. The normalized spacial score (nSPS) is 26.5. The quantitative estimate of drug-likeness (QED) is 0.756. The molecule has 0 radical (unpaired) electrons. The molecule has 1 aromatic rings. The molecule has 1 heterocycles. The maximum Gasteiger partial charge on any atom is 0.308 e. The summed E-state index contributed by atoms with van der Waals surface area (Å²) in [6.45, 7) is 1.91. The molecule has 4 nitrogen and oxygen atoms in total. The zero-order chi connectivity index (χ0) is 15.2. The molecule has 0 bridgehead atoms. The zero-order valence-corrected chi connectivity index (χ0v) is 13.0. The summed E-state index contributed by atoms with van der Waals surface area (Å²) in [5, 5.41) is 0. The summed E-state index contributed by atoms with van der Waals surface area (Å²) in [6, 6.07) is 10.3. The molecule has 0 aromatic heterocycles. The van der Waals surface area contributed by atoms with Crippen molar-refractivity contribution in [1.82, 2.24) is 0 Å². The van der Waals surface area contributed by atoms with Crippen LogP contribution in [0.1, 0.15) is 25.3 Å². The van der Waals surface area contributed by atoms with Crippen LogP contribution in [0.25, 0.3) is 0 Å². The molecule has 4 heteroatoms. The average molecular weight is 292 g/mol. The van der Waals surface area contributed by atoms with Crippen LogP contribution < -0.4 is 0 Å².